The summed E-state index contributed by atoms with van der Waals surface area (Å²) < 4.78 is 11.9. The minimum Gasteiger partial charge on any atom is -0.432 e. The molecule has 1 fully saturated rings. The lowest BCUT2D eigenvalue weighted by Crippen LogP contribution is -2.36. The van der Waals surface area contributed by atoms with Gasteiger partial charge in [-0.2, -0.15) is 0 Å². The topological polar surface area (TPSA) is 35.5 Å². The Morgan fingerprint density at radius 3 is 2.43 bits per heavy atom. The molecule has 1 aromatic rings. The fourth-order valence-electron chi connectivity index (χ4n) is 3.01. The molecule has 0 radical (unpaired) electrons. The van der Waals surface area contributed by atoms with Crippen LogP contribution in [0.1, 0.15) is 45.6 Å². The third-order valence-electron chi connectivity index (χ3n) is 4.17. The highest BCUT2D eigenvalue weighted by atomic mass is 16.8. The molecule has 3 heteroatoms. The molecule has 0 bridgehead atoms. The summed E-state index contributed by atoms with van der Waals surface area (Å²) in [6, 6.07) is 9.72. The van der Waals surface area contributed by atoms with Gasteiger partial charge in [-0.25, -0.2) is 4.79 Å². The summed E-state index contributed by atoms with van der Waals surface area (Å²) in [7, 11) is 0. The van der Waals surface area contributed by atoms with Crippen molar-refractivity contribution in [3.8, 4) is 0 Å². The van der Waals surface area contributed by atoms with Crippen LogP contribution in [0.25, 0.3) is 0 Å². The first kappa shape index (κ1) is 14.3. The zero-order chi connectivity index (χ0) is 15.1. The molecule has 0 saturated carbocycles. The van der Waals surface area contributed by atoms with Crippen molar-refractivity contribution >= 4 is 5.97 Å². The number of carbonyl (C=O) groups is 1. The van der Waals surface area contributed by atoms with Gasteiger partial charge in [0.1, 0.15) is 0 Å². The second-order valence-corrected chi connectivity index (χ2v) is 6.89. The van der Waals surface area contributed by atoms with Crippen LogP contribution in [-0.2, 0) is 19.9 Å². The van der Waals surface area contributed by atoms with E-state index in [0.29, 0.717) is 0 Å². The zero-order valence-electron chi connectivity index (χ0n) is 12.9. The lowest BCUT2D eigenvalue weighted by molar-refractivity contribution is -0.155. The molecule has 1 aromatic carbocycles. The molecule has 0 N–H and O–H groups in total. The fraction of sp³-hybridized carbons (Fsp3) is 0.500. The Labute approximate surface area is 125 Å². The van der Waals surface area contributed by atoms with E-state index in [0.717, 1.165) is 30.4 Å². The maximum Gasteiger partial charge on any atom is 0.350 e. The maximum atomic E-state index is 12.8. The van der Waals surface area contributed by atoms with Gasteiger partial charge in [-0.15, -0.1) is 0 Å². The van der Waals surface area contributed by atoms with Crippen LogP contribution in [0.4, 0.5) is 0 Å². The zero-order valence-corrected chi connectivity index (χ0v) is 12.9. The van der Waals surface area contributed by atoms with Gasteiger partial charge >= 0.3 is 5.97 Å². The maximum absolute atomic E-state index is 12.8. The summed E-state index contributed by atoms with van der Waals surface area (Å²) >= 11 is 0. The molecule has 1 aliphatic heterocycles. The molecule has 0 amide bonds. The van der Waals surface area contributed by atoms with E-state index in [9.17, 15) is 4.79 Å². The largest absolute Gasteiger partial charge is 0.432 e. The predicted octanol–water partition coefficient (Wildman–Crippen LogP) is 3.94. The molecule has 1 heterocycles. The SMILES string of the molecule is CC(C)(C)[C@@H]1OC(=O)[C@](C2=CCCC2)(c2ccccc2)O1. The molecular weight excluding hydrogens is 264 g/mol. The predicted molar refractivity (Wildman–Crippen MR) is 80.5 cm³/mol. The monoisotopic (exact) mass is 286 g/mol. The molecule has 3 nitrogen and oxygen atoms in total. The number of hydrogen-bond acceptors (Lipinski definition) is 3. The van der Waals surface area contributed by atoms with Crippen LogP contribution in [0, 0.1) is 5.41 Å². The van der Waals surface area contributed by atoms with Crippen molar-refractivity contribution in [2.75, 3.05) is 0 Å². The summed E-state index contributed by atoms with van der Waals surface area (Å²) in [4.78, 5) is 12.8. The quantitative estimate of drug-likeness (QED) is 0.610. The van der Waals surface area contributed by atoms with Crippen LogP contribution in [0.5, 0.6) is 0 Å². The summed E-state index contributed by atoms with van der Waals surface area (Å²) in [5.74, 6) is -0.276. The normalized spacial score (nSPS) is 29.4. The number of ether oxygens (including phenoxy) is 2. The first-order valence-corrected chi connectivity index (χ1v) is 7.58. The Kier molecular flexibility index (Phi) is 3.40. The average Bonchev–Trinajstić information content (AvgIpc) is 3.07. The van der Waals surface area contributed by atoms with Gasteiger partial charge in [0.05, 0.1) is 0 Å². The van der Waals surface area contributed by atoms with Crippen molar-refractivity contribution in [3.63, 3.8) is 0 Å². The minimum atomic E-state index is -1.05. The molecule has 2 atom stereocenters. The Bertz CT molecular complexity index is 568. The van der Waals surface area contributed by atoms with Crippen LogP contribution < -0.4 is 0 Å². The lowest BCUT2D eigenvalue weighted by atomic mass is 9.85. The van der Waals surface area contributed by atoms with Gasteiger partial charge in [-0.05, 0) is 30.4 Å². The van der Waals surface area contributed by atoms with E-state index in [4.69, 9.17) is 9.47 Å². The third kappa shape index (κ3) is 2.30. The Morgan fingerprint density at radius 2 is 1.90 bits per heavy atom. The molecule has 0 unspecified atom stereocenters. The highest BCUT2D eigenvalue weighted by Gasteiger charge is 2.56. The highest BCUT2D eigenvalue weighted by Crippen LogP contribution is 2.48. The third-order valence-corrected chi connectivity index (χ3v) is 4.17. The van der Waals surface area contributed by atoms with Crippen molar-refractivity contribution in [1.82, 2.24) is 0 Å². The Balaban J connectivity index is 2.08. The number of carbonyl (C=O) groups excluding carboxylic acids is 1. The van der Waals surface area contributed by atoms with E-state index in [1.165, 1.54) is 0 Å². The molecule has 0 spiro atoms. The first-order valence-electron chi connectivity index (χ1n) is 7.58. The number of rotatable bonds is 2. The highest BCUT2D eigenvalue weighted by molar-refractivity contribution is 5.87. The molecule has 21 heavy (non-hydrogen) atoms. The van der Waals surface area contributed by atoms with E-state index < -0.39 is 11.9 Å². The van der Waals surface area contributed by atoms with Crippen molar-refractivity contribution in [1.29, 1.82) is 0 Å². The molecule has 1 saturated heterocycles. The Hall–Kier alpha value is -1.61. The summed E-state index contributed by atoms with van der Waals surface area (Å²) in [6.07, 6.45) is 4.58. The van der Waals surface area contributed by atoms with E-state index in [1.807, 2.05) is 51.1 Å². The minimum absolute atomic E-state index is 0.245. The van der Waals surface area contributed by atoms with Gasteiger partial charge in [0.25, 0.3) is 0 Å². The van der Waals surface area contributed by atoms with Crippen molar-refractivity contribution in [2.24, 2.45) is 5.41 Å². The molecule has 112 valence electrons. The summed E-state index contributed by atoms with van der Waals surface area (Å²) in [5, 5.41) is 0. The van der Waals surface area contributed by atoms with Gasteiger partial charge in [0.15, 0.2) is 0 Å². The van der Waals surface area contributed by atoms with Crippen LogP contribution in [-0.4, -0.2) is 12.3 Å². The number of cyclic esters (lactones) is 1. The Morgan fingerprint density at radius 1 is 1.19 bits per heavy atom. The fourth-order valence-corrected chi connectivity index (χ4v) is 3.01. The number of esters is 1. The van der Waals surface area contributed by atoms with Gasteiger partial charge in [0.2, 0.25) is 11.9 Å². The van der Waals surface area contributed by atoms with Crippen LogP contribution in [0.3, 0.4) is 0 Å². The standard InChI is InChI=1S/C18H22O3/c1-17(2,3)16-20-15(19)18(21-16,14-11-7-8-12-14)13-9-5-4-6-10-13/h4-6,9-11,16H,7-8,12H2,1-3H3/t16-,18-/m1/s1. The van der Waals surface area contributed by atoms with E-state index in [2.05, 4.69) is 6.08 Å². The van der Waals surface area contributed by atoms with Gasteiger partial charge in [0, 0.05) is 5.41 Å². The molecule has 1 aliphatic carbocycles. The first-order chi connectivity index (χ1) is 9.94. The van der Waals surface area contributed by atoms with Gasteiger partial charge in [-0.3, -0.25) is 0 Å². The smallest absolute Gasteiger partial charge is 0.350 e. The van der Waals surface area contributed by atoms with Crippen LogP contribution in [0.2, 0.25) is 0 Å². The number of allylic oxidation sites excluding steroid dienone is 1. The second kappa shape index (κ2) is 4.99. The van der Waals surface area contributed by atoms with Crippen molar-refractivity contribution < 1.29 is 14.3 Å². The van der Waals surface area contributed by atoms with Crippen molar-refractivity contribution in [2.45, 2.75) is 51.9 Å². The summed E-state index contributed by atoms with van der Waals surface area (Å²) in [6.45, 7) is 6.07. The average molecular weight is 286 g/mol. The lowest BCUT2D eigenvalue weighted by Gasteiger charge is -2.29. The van der Waals surface area contributed by atoms with Crippen LogP contribution in [0.15, 0.2) is 42.0 Å². The number of benzene rings is 1. The summed E-state index contributed by atoms with van der Waals surface area (Å²) in [5.41, 5.74) is 0.626. The second-order valence-electron chi connectivity index (χ2n) is 6.89. The molecule has 3 rings (SSSR count). The molecule has 2 aliphatic rings. The van der Waals surface area contributed by atoms with E-state index in [-0.39, 0.29) is 11.4 Å². The van der Waals surface area contributed by atoms with E-state index in [1.54, 1.807) is 0 Å². The van der Waals surface area contributed by atoms with Gasteiger partial charge < -0.3 is 9.47 Å². The molecular formula is C18H22O3. The van der Waals surface area contributed by atoms with Gasteiger partial charge in [-0.1, -0.05) is 57.2 Å². The molecule has 0 aromatic heterocycles. The van der Waals surface area contributed by atoms with E-state index >= 15 is 0 Å². The van der Waals surface area contributed by atoms with Crippen LogP contribution >= 0.6 is 0 Å². The van der Waals surface area contributed by atoms with Crippen molar-refractivity contribution in [3.05, 3.63) is 47.5 Å². The number of hydrogen-bond donors (Lipinski definition) is 0.